The summed E-state index contributed by atoms with van der Waals surface area (Å²) in [4.78, 5) is 5.06. The van der Waals surface area contributed by atoms with Crippen LogP contribution in [-0.4, -0.2) is 6.10 Å². The van der Waals surface area contributed by atoms with Crippen molar-refractivity contribution < 1.29 is 4.84 Å². The zero-order chi connectivity index (χ0) is 9.80. The highest BCUT2D eigenvalue weighted by Gasteiger charge is 2.26. The third-order valence-corrected chi connectivity index (χ3v) is 3.11. The monoisotopic (exact) mass is 191 g/mol. The number of hydrogen-bond donors (Lipinski definition) is 1. The van der Waals surface area contributed by atoms with Gasteiger partial charge in [-0.2, -0.15) is 0 Å². The molecular weight excluding hydrogens is 174 g/mol. The summed E-state index contributed by atoms with van der Waals surface area (Å²) in [6, 6.07) is 10.5. The van der Waals surface area contributed by atoms with Gasteiger partial charge in [0.1, 0.15) is 0 Å². The summed E-state index contributed by atoms with van der Waals surface area (Å²) in [5.41, 5.74) is 1.36. The van der Waals surface area contributed by atoms with E-state index < -0.39 is 0 Å². The van der Waals surface area contributed by atoms with E-state index in [-0.39, 0.29) is 6.10 Å². The highest BCUT2D eigenvalue weighted by Crippen LogP contribution is 2.33. The average Bonchev–Trinajstić information content (AvgIpc) is 2.30. The summed E-state index contributed by atoms with van der Waals surface area (Å²) in [6.45, 7) is 0. The molecule has 14 heavy (non-hydrogen) atoms. The van der Waals surface area contributed by atoms with Gasteiger partial charge in [0, 0.05) is 5.92 Å². The molecule has 76 valence electrons. The van der Waals surface area contributed by atoms with Crippen molar-refractivity contribution >= 4 is 0 Å². The molecule has 0 radical (unpaired) electrons. The fourth-order valence-electron chi connectivity index (χ4n) is 2.34. The fourth-order valence-corrected chi connectivity index (χ4v) is 2.34. The zero-order valence-electron chi connectivity index (χ0n) is 8.36. The lowest BCUT2D eigenvalue weighted by Crippen LogP contribution is -2.28. The van der Waals surface area contributed by atoms with E-state index in [0.717, 1.165) is 6.42 Å². The first-order valence-electron chi connectivity index (χ1n) is 5.32. The van der Waals surface area contributed by atoms with Gasteiger partial charge < -0.3 is 4.84 Å². The molecule has 2 rings (SSSR count). The van der Waals surface area contributed by atoms with Crippen molar-refractivity contribution in [3.05, 3.63) is 35.9 Å². The molecule has 2 nitrogen and oxygen atoms in total. The van der Waals surface area contributed by atoms with E-state index in [1.54, 1.807) is 0 Å². The normalized spacial score (nSPS) is 27.5. The van der Waals surface area contributed by atoms with Crippen molar-refractivity contribution in [3.63, 3.8) is 0 Å². The second kappa shape index (κ2) is 4.58. The van der Waals surface area contributed by atoms with Gasteiger partial charge in [-0.1, -0.05) is 43.2 Å². The van der Waals surface area contributed by atoms with Crippen LogP contribution in [0.2, 0.25) is 0 Å². The number of nitrogens with two attached hydrogens (primary N) is 1. The molecule has 1 saturated carbocycles. The topological polar surface area (TPSA) is 35.2 Å². The summed E-state index contributed by atoms with van der Waals surface area (Å²) < 4.78 is 0. The van der Waals surface area contributed by atoms with Crippen LogP contribution in [0.3, 0.4) is 0 Å². The second-order valence-electron chi connectivity index (χ2n) is 3.98. The van der Waals surface area contributed by atoms with Crippen LogP contribution in [-0.2, 0) is 4.84 Å². The minimum Gasteiger partial charge on any atom is -0.301 e. The molecule has 2 heteroatoms. The maximum Gasteiger partial charge on any atom is 0.0855 e. The SMILES string of the molecule is NO[C@H]1CCCC[C@@H]1c1ccccc1. The third-order valence-electron chi connectivity index (χ3n) is 3.11. The Morgan fingerprint density at radius 2 is 1.79 bits per heavy atom. The van der Waals surface area contributed by atoms with Crippen LogP contribution in [0.4, 0.5) is 0 Å². The van der Waals surface area contributed by atoms with E-state index in [1.165, 1.54) is 24.8 Å². The van der Waals surface area contributed by atoms with Gasteiger partial charge in [0.05, 0.1) is 6.10 Å². The van der Waals surface area contributed by atoms with Gasteiger partial charge >= 0.3 is 0 Å². The van der Waals surface area contributed by atoms with E-state index in [0.29, 0.717) is 5.92 Å². The van der Waals surface area contributed by atoms with Crippen LogP contribution in [0.25, 0.3) is 0 Å². The molecule has 1 fully saturated rings. The molecular formula is C12H17NO. The maximum absolute atomic E-state index is 5.33. The molecule has 0 unspecified atom stereocenters. The van der Waals surface area contributed by atoms with Crippen LogP contribution in [0.1, 0.15) is 37.2 Å². The minimum atomic E-state index is 0.214. The van der Waals surface area contributed by atoms with Crippen LogP contribution < -0.4 is 5.90 Å². The molecule has 2 N–H and O–H groups in total. The number of benzene rings is 1. The molecule has 1 aromatic rings. The van der Waals surface area contributed by atoms with E-state index in [1.807, 2.05) is 6.07 Å². The van der Waals surface area contributed by atoms with Crippen molar-refractivity contribution in [2.45, 2.75) is 37.7 Å². The van der Waals surface area contributed by atoms with Gasteiger partial charge in [-0.3, -0.25) is 0 Å². The summed E-state index contributed by atoms with van der Waals surface area (Å²) in [6.07, 6.45) is 5.04. The molecule has 1 aliphatic carbocycles. The van der Waals surface area contributed by atoms with E-state index in [4.69, 9.17) is 10.7 Å². The van der Waals surface area contributed by atoms with E-state index >= 15 is 0 Å². The third kappa shape index (κ3) is 1.97. The lowest BCUT2D eigenvalue weighted by molar-refractivity contribution is 0.0122. The summed E-state index contributed by atoms with van der Waals surface area (Å²) in [7, 11) is 0. The lowest BCUT2D eigenvalue weighted by atomic mass is 9.82. The lowest BCUT2D eigenvalue weighted by Gasteiger charge is -2.29. The van der Waals surface area contributed by atoms with Crippen LogP contribution in [0.5, 0.6) is 0 Å². The van der Waals surface area contributed by atoms with Gasteiger partial charge in [-0.05, 0) is 18.4 Å². The predicted octanol–water partition coefficient (Wildman–Crippen LogP) is 2.60. The molecule has 0 bridgehead atoms. The van der Waals surface area contributed by atoms with Gasteiger partial charge in [0.15, 0.2) is 0 Å². The number of hydrogen-bond acceptors (Lipinski definition) is 2. The molecule has 1 aliphatic rings. The average molecular weight is 191 g/mol. The Bertz CT molecular complexity index is 273. The highest BCUT2D eigenvalue weighted by molar-refractivity contribution is 5.21. The minimum absolute atomic E-state index is 0.214. The Morgan fingerprint density at radius 3 is 2.50 bits per heavy atom. The molecule has 0 aliphatic heterocycles. The maximum atomic E-state index is 5.33. The summed E-state index contributed by atoms with van der Waals surface area (Å²) in [5.74, 6) is 5.83. The first-order valence-corrected chi connectivity index (χ1v) is 5.32. The van der Waals surface area contributed by atoms with Crippen molar-refractivity contribution in [3.8, 4) is 0 Å². The quantitative estimate of drug-likeness (QED) is 0.729. The first kappa shape index (κ1) is 9.69. The molecule has 0 saturated heterocycles. The Hall–Kier alpha value is -0.860. The van der Waals surface area contributed by atoms with Gasteiger partial charge in [0.25, 0.3) is 0 Å². The van der Waals surface area contributed by atoms with Crippen molar-refractivity contribution in [1.82, 2.24) is 0 Å². The first-order chi connectivity index (χ1) is 6.92. The van der Waals surface area contributed by atoms with Crippen LogP contribution >= 0.6 is 0 Å². The van der Waals surface area contributed by atoms with Crippen LogP contribution in [0.15, 0.2) is 30.3 Å². The van der Waals surface area contributed by atoms with Crippen LogP contribution in [0, 0.1) is 0 Å². The molecule has 0 heterocycles. The second-order valence-corrected chi connectivity index (χ2v) is 3.98. The van der Waals surface area contributed by atoms with Gasteiger partial charge in [-0.25, -0.2) is 5.90 Å². The van der Waals surface area contributed by atoms with Gasteiger partial charge in [-0.15, -0.1) is 0 Å². The summed E-state index contributed by atoms with van der Waals surface area (Å²) in [5, 5.41) is 0. The molecule has 0 spiro atoms. The Kier molecular flexibility index (Phi) is 3.17. The Balaban J connectivity index is 2.15. The zero-order valence-corrected chi connectivity index (χ0v) is 8.36. The predicted molar refractivity (Wildman–Crippen MR) is 56.7 cm³/mol. The Morgan fingerprint density at radius 1 is 1.07 bits per heavy atom. The Labute approximate surface area is 85.0 Å². The smallest absolute Gasteiger partial charge is 0.0855 e. The van der Waals surface area contributed by atoms with Gasteiger partial charge in [0.2, 0.25) is 0 Å². The van der Waals surface area contributed by atoms with Crippen molar-refractivity contribution in [1.29, 1.82) is 0 Å². The van der Waals surface area contributed by atoms with Crippen molar-refractivity contribution in [2.75, 3.05) is 0 Å². The van der Waals surface area contributed by atoms with Crippen molar-refractivity contribution in [2.24, 2.45) is 5.90 Å². The summed E-state index contributed by atoms with van der Waals surface area (Å²) >= 11 is 0. The molecule has 0 aromatic heterocycles. The molecule has 2 atom stereocenters. The number of rotatable bonds is 2. The fraction of sp³-hybridized carbons (Fsp3) is 0.500. The standard InChI is InChI=1S/C12H17NO/c13-14-12-9-5-4-8-11(12)10-6-2-1-3-7-10/h1-3,6-7,11-12H,4-5,8-9,13H2/t11-,12+/m1/s1. The molecule has 1 aromatic carbocycles. The van der Waals surface area contributed by atoms with E-state index in [9.17, 15) is 0 Å². The molecule has 0 amide bonds. The van der Waals surface area contributed by atoms with E-state index in [2.05, 4.69) is 24.3 Å². The largest absolute Gasteiger partial charge is 0.301 e. The highest BCUT2D eigenvalue weighted by atomic mass is 16.6.